The third kappa shape index (κ3) is 43.1. The summed E-state index contributed by atoms with van der Waals surface area (Å²) in [7, 11) is 0. The normalized spacial score (nSPS) is 11.0. The van der Waals surface area contributed by atoms with Gasteiger partial charge in [-0.25, -0.2) is 0 Å². The SMILES string of the molecule is CCCCCCCC/C=C\CCCCCCCC(=O)OCC.CCCCCCCCCCCCCCCCCC(N)=O. The number of unbranched alkanes of at least 4 members (excludes halogenated alkanes) is 25. The minimum atomic E-state index is -0.153. The van der Waals surface area contributed by atoms with Gasteiger partial charge in [-0.15, -0.1) is 0 Å². The van der Waals surface area contributed by atoms with E-state index in [0.717, 1.165) is 19.3 Å². The Hall–Kier alpha value is -1.32. The molecule has 0 heterocycles. The van der Waals surface area contributed by atoms with Crippen LogP contribution >= 0.6 is 0 Å². The molecule has 0 aliphatic rings. The first-order valence-corrected chi connectivity index (χ1v) is 18.7. The van der Waals surface area contributed by atoms with Crippen molar-refractivity contribution < 1.29 is 14.3 Å². The van der Waals surface area contributed by atoms with Gasteiger partial charge >= 0.3 is 5.97 Å². The largest absolute Gasteiger partial charge is 0.466 e. The molecule has 42 heavy (non-hydrogen) atoms. The van der Waals surface area contributed by atoms with Crippen LogP contribution in [0, 0.1) is 0 Å². The van der Waals surface area contributed by atoms with Gasteiger partial charge in [-0.1, -0.05) is 167 Å². The van der Waals surface area contributed by atoms with Gasteiger partial charge in [-0.2, -0.15) is 0 Å². The summed E-state index contributed by atoms with van der Waals surface area (Å²) in [5.41, 5.74) is 5.11. The number of hydrogen-bond acceptors (Lipinski definition) is 3. The van der Waals surface area contributed by atoms with Crippen molar-refractivity contribution in [3.63, 3.8) is 0 Å². The smallest absolute Gasteiger partial charge is 0.305 e. The molecule has 0 unspecified atom stereocenters. The molecule has 2 N–H and O–H groups in total. The lowest BCUT2D eigenvalue weighted by Crippen LogP contribution is -2.09. The molecular weight excluding hydrogens is 518 g/mol. The van der Waals surface area contributed by atoms with E-state index in [1.165, 1.54) is 161 Å². The van der Waals surface area contributed by atoms with Crippen LogP contribution in [-0.2, 0) is 14.3 Å². The van der Waals surface area contributed by atoms with Crippen molar-refractivity contribution in [2.45, 2.75) is 213 Å². The standard InChI is InChI=1S/C20H38O2.C18H37NO/c1-3-5-6-7-8-9-10-11-12-13-14-15-16-17-18-19-20(21)22-4-2;1-2-3-4-5-6-7-8-9-10-11-12-13-14-15-16-17-18(19)20/h11-12H,3-10,13-19H2,1-2H3;2-17H2,1H3,(H2,19,20)/b12-11-;. The van der Waals surface area contributed by atoms with Crippen molar-refractivity contribution in [3.8, 4) is 0 Å². The van der Waals surface area contributed by atoms with Gasteiger partial charge in [0.25, 0.3) is 0 Å². The third-order valence-electron chi connectivity index (χ3n) is 7.97. The average molecular weight is 594 g/mol. The van der Waals surface area contributed by atoms with Crippen molar-refractivity contribution in [2.24, 2.45) is 5.73 Å². The van der Waals surface area contributed by atoms with Gasteiger partial charge in [0.2, 0.25) is 5.91 Å². The lowest BCUT2D eigenvalue weighted by atomic mass is 10.0. The fourth-order valence-electron chi connectivity index (χ4n) is 5.24. The molecule has 0 spiro atoms. The van der Waals surface area contributed by atoms with E-state index in [-0.39, 0.29) is 11.9 Å². The van der Waals surface area contributed by atoms with Gasteiger partial charge in [-0.05, 0) is 45.4 Å². The summed E-state index contributed by atoms with van der Waals surface area (Å²) >= 11 is 0. The maximum absolute atomic E-state index is 11.1. The lowest BCUT2D eigenvalue weighted by molar-refractivity contribution is -0.143. The van der Waals surface area contributed by atoms with Crippen LogP contribution < -0.4 is 5.73 Å². The molecule has 0 fully saturated rings. The minimum absolute atomic E-state index is 0.0415. The van der Waals surface area contributed by atoms with E-state index in [2.05, 4.69) is 26.0 Å². The Morgan fingerprint density at radius 2 is 0.762 bits per heavy atom. The number of carbonyl (C=O) groups is 2. The van der Waals surface area contributed by atoms with Crippen LogP contribution in [0.25, 0.3) is 0 Å². The zero-order valence-corrected chi connectivity index (χ0v) is 28.9. The van der Waals surface area contributed by atoms with Crippen LogP contribution in [-0.4, -0.2) is 18.5 Å². The first-order valence-electron chi connectivity index (χ1n) is 18.7. The molecule has 0 aliphatic carbocycles. The van der Waals surface area contributed by atoms with Crippen molar-refractivity contribution in [3.05, 3.63) is 12.2 Å². The topological polar surface area (TPSA) is 69.4 Å². The highest BCUT2D eigenvalue weighted by atomic mass is 16.5. The summed E-state index contributed by atoms with van der Waals surface area (Å²) in [5, 5.41) is 0. The summed E-state index contributed by atoms with van der Waals surface area (Å²) in [4.78, 5) is 21.7. The number of primary amides is 1. The molecule has 0 rings (SSSR count). The monoisotopic (exact) mass is 594 g/mol. The third-order valence-corrected chi connectivity index (χ3v) is 7.97. The maximum Gasteiger partial charge on any atom is 0.305 e. The van der Waals surface area contributed by atoms with E-state index < -0.39 is 0 Å². The summed E-state index contributed by atoms with van der Waals surface area (Å²) in [6.07, 6.45) is 42.9. The zero-order valence-electron chi connectivity index (χ0n) is 28.9. The predicted octanol–water partition coefficient (Wildman–Crippen LogP) is 12.3. The average Bonchev–Trinajstić information content (AvgIpc) is 2.97. The molecule has 0 radical (unpaired) electrons. The van der Waals surface area contributed by atoms with Gasteiger partial charge < -0.3 is 10.5 Å². The van der Waals surface area contributed by atoms with Gasteiger partial charge in [0.15, 0.2) is 0 Å². The van der Waals surface area contributed by atoms with Gasteiger partial charge in [0.1, 0.15) is 0 Å². The minimum Gasteiger partial charge on any atom is -0.466 e. The van der Waals surface area contributed by atoms with Gasteiger partial charge in [0, 0.05) is 12.8 Å². The highest BCUT2D eigenvalue weighted by molar-refractivity contribution is 5.73. The number of allylic oxidation sites excluding steroid dienone is 2. The Kier molecular flexibility index (Phi) is 40.4. The van der Waals surface area contributed by atoms with Crippen molar-refractivity contribution in [1.82, 2.24) is 0 Å². The Balaban J connectivity index is 0. The Bertz CT molecular complexity index is 561. The Morgan fingerprint density at radius 1 is 0.452 bits per heavy atom. The molecule has 4 heteroatoms. The molecule has 0 saturated heterocycles. The fraction of sp³-hybridized carbons (Fsp3) is 0.895. The molecule has 0 atom stereocenters. The van der Waals surface area contributed by atoms with E-state index >= 15 is 0 Å². The van der Waals surface area contributed by atoms with Crippen LogP contribution in [0.1, 0.15) is 213 Å². The van der Waals surface area contributed by atoms with Crippen molar-refractivity contribution >= 4 is 11.9 Å². The van der Waals surface area contributed by atoms with E-state index in [0.29, 0.717) is 19.4 Å². The van der Waals surface area contributed by atoms with Crippen LogP contribution in [0.3, 0.4) is 0 Å². The molecular formula is C38H75NO3. The highest BCUT2D eigenvalue weighted by Crippen LogP contribution is 2.14. The number of rotatable bonds is 32. The maximum atomic E-state index is 11.1. The van der Waals surface area contributed by atoms with Crippen molar-refractivity contribution in [1.29, 1.82) is 0 Å². The quantitative estimate of drug-likeness (QED) is 0.0479. The number of amides is 1. The Labute approximate surface area is 263 Å². The fourth-order valence-corrected chi connectivity index (χ4v) is 5.24. The number of esters is 1. The zero-order chi connectivity index (χ0) is 31.2. The van der Waals surface area contributed by atoms with E-state index in [4.69, 9.17) is 10.5 Å². The van der Waals surface area contributed by atoms with Crippen LogP contribution in [0.2, 0.25) is 0 Å². The van der Waals surface area contributed by atoms with Gasteiger partial charge in [-0.3, -0.25) is 9.59 Å². The summed E-state index contributed by atoms with van der Waals surface area (Å²) in [5.74, 6) is -0.195. The second-order valence-corrected chi connectivity index (χ2v) is 12.3. The van der Waals surface area contributed by atoms with Crippen LogP contribution in [0.15, 0.2) is 12.2 Å². The molecule has 250 valence electrons. The number of nitrogens with two attached hydrogens (primary N) is 1. The first-order chi connectivity index (χ1) is 20.6. The molecule has 0 aromatic rings. The van der Waals surface area contributed by atoms with Crippen LogP contribution in [0.4, 0.5) is 0 Å². The summed E-state index contributed by atoms with van der Waals surface area (Å²) in [6.45, 7) is 6.91. The molecule has 4 nitrogen and oxygen atoms in total. The van der Waals surface area contributed by atoms with E-state index in [1.807, 2.05) is 6.92 Å². The Morgan fingerprint density at radius 3 is 1.10 bits per heavy atom. The number of ether oxygens (including phenoxy) is 1. The molecule has 0 aromatic carbocycles. The molecule has 0 bridgehead atoms. The van der Waals surface area contributed by atoms with Gasteiger partial charge in [0.05, 0.1) is 6.61 Å². The number of carbonyl (C=O) groups excluding carboxylic acids is 2. The van der Waals surface area contributed by atoms with E-state index in [9.17, 15) is 9.59 Å². The second-order valence-electron chi connectivity index (χ2n) is 12.3. The van der Waals surface area contributed by atoms with Crippen LogP contribution in [0.5, 0.6) is 0 Å². The molecule has 0 saturated carbocycles. The number of hydrogen-bond donors (Lipinski definition) is 1. The predicted molar refractivity (Wildman–Crippen MR) is 185 cm³/mol. The lowest BCUT2D eigenvalue weighted by Gasteiger charge is -2.03. The summed E-state index contributed by atoms with van der Waals surface area (Å²) in [6, 6.07) is 0. The highest BCUT2D eigenvalue weighted by Gasteiger charge is 2.00. The summed E-state index contributed by atoms with van der Waals surface area (Å²) < 4.78 is 4.91. The molecule has 0 aliphatic heterocycles. The molecule has 1 amide bonds. The van der Waals surface area contributed by atoms with Crippen molar-refractivity contribution in [2.75, 3.05) is 6.61 Å². The molecule has 0 aromatic heterocycles. The first kappa shape index (κ1) is 42.8. The van der Waals surface area contributed by atoms with E-state index in [1.54, 1.807) is 0 Å². The second kappa shape index (κ2) is 39.7.